The summed E-state index contributed by atoms with van der Waals surface area (Å²) < 4.78 is 0. The molecule has 0 radical (unpaired) electrons. The second-order valence-electron chi connectivity index (χ2n) is 7.71. The van der Waals surface area contributed by atoms with Gasteiger partial charge in [-0.25, -0.2) is 0 Å². The summed E-state index contributed by atoms with van der Waals surface area (Å²) in [5.74, 6) is -0.741. The molecule has 2 N–H and O–H groups in total. The predicted molar refractivity (Wildman–Crippen MR) is 119 cm³/mol. The van der Waals surface area contributed by atoms with Crippen LogP contribution in [0.15, 0.2) is 48.2 Å². The number of anilines is 2. The predicted octanol–water partition coefficient (Wildman–Crippen LogP) is 4.45. The van der Waals surface area contributed by atoms with Crippen LogP contribution in [0.4, 0.5) is 11.4 Å². The Hall–Kier alpha value is -3.12. The number of nitrogens with zero attached hydrogens (tertiary/aromatic N) is 1. The molecule has 30 heavy (non-hydrogen) atoms. The SMILES string of the molecule is CC(=O)Nc1ccc(C2=C(Nc3ccc(Cl)cc3C)C(=O)N(CC(C)C)C2=O)cc1. The molecule has 3 amide bonds. The van der Waals surface area contributed by atoms with Gasteiger partial charge in [0.05, 0.1) is 5.57 Å². The summed E-state index contributed by atoms with van der Waals surface area (Å²) >= 11 is 6.04. The monoisotopic (exact) mass is 425 g/mol. The number of aryl methyl sites for hydroxylation is 1. The smallest absolute Gasteiger partial charge is 0.278 e. The highest BCUT2D eigenvalue weighted by molar-refractivity contribution is 6.36. The Balaban J connectivity index is 2.05. The molecule has 156 valence electrons. The molecule has 1 aliphatic heterocycles. The van der Waals surface area contributed by atoms with Crippen molar-refractivity contribution in [1.29, 1.82) is 0 Å². The van der Waals surface area contributed by atoms with Crippen LogP contribution in [0.3, 0.4) is 0 Å². The topological polar surface area (TPSA) is 78.5 Å². The number of imide groups is 1. The Labute approximate surface area is 180 Å². The maximum Gasteiger partial charge on any atom is 0.278 e. The molecule has 6 nitrogen and oxygen atoms in total. The summed E-state index contributed by atoms with van der Waals surface area (Å²) in [6.45, 7) is 7.55. The number of benzene rings is 2. The van der Waals surface area contributed by atoms with Gasteiger partial charge >= 0.3 is 0 Å². The molecular formula is C23H24ClN3O3. The number of hydrogen-bond donors (Lipinski definition) is 2. The van der Waals surface area contributed by atoms with Gasteiger partial charge < -0.3 is 10.6 Å². The van der Waals surface area contributed by atoms with Crippen molar-refractivity contribution in [3.05, 3.63) is 64.3 Å². The highest BCUT2D eigenvalue weighted by Gasteiger charge is 2.39. The first-order chi connectivity index (χ1) is 14.2. The lowest BCUT2D eigenvalue weighted by Crippen LogP contribution is -2.35. The zero-order valence-electron chi connectivity index (χ0n) is 17.4. The first-order valence-corrected chi connectivity index (χ1v) is 10.1. The number of halogens is 1. The van der Waals surface area contributed by atoms with E-state index < -0.39 is 0 Å². The van der Waals surface area contributed by atoms with Gasteiger partial charge in [-0.3, -0.25) is 19.3 Å². The first-order valence-electron chi connectivity index (χ1n) is 9.69. The van der Waals surface area contributed by atoms with Gasteiger partial charge in [0.1, 0.15) is 5.70 Å². The summed E-state index contributed by atoms with van der Waals surface area (Å²) in [5, 5.41) is 6.44. The third-order valence-electron chi connectivity index (χ3n) is 4.66. The molecule has 1 aliphatic rings. The van der Waals surface area contributed by atoms with Crippen LogP contribution < -0.4 is 10.6 Å². The van der Waals surface area contributed by atoms with E-state index in [4.69, 9.17) is 11.6 Å². The van der Waals surface area contributed by atoms with E-state index in [9.17, 15) is 14.4 Å². The highest BCUT2D eigenvalue weighted by atomic mass is 35.5. The summed E-state index contributed by atoms with van der Waals surface area (Å²) in [4.78, 5) is 38.8. The molecular weight excluding hydrogens is 402 g/mol. The number of hydrogen-bond acceptors (Lipinski definition) is 4. The van der Waals surface area contributed by atoms with Crippen LogP contribution >= 0.6 is 11.6 Å². The average Bonchev–Trinajstić information content (AvgIpc) is 2.88. The zero-order valence-corrected chi connectivity index (χ0v) is 18.1. The van der Waals surface area contributed by atoms with Gasteiger partial charge in [0.2, 0.25) is 5.91 Å². The minimum Gasteiger partial charge on any atom is -0.350 e. The zero-order chi connectivity index (χ0) is 22.0. The van der Waals surface area contributed by atoms with Gasteiger partial charge in [-0.15, -0.1) is 0 Å². The molecule has 3 rings (SSSR count). The van der Waals surface area contributed by atoms with Gasteiger partial charge in [-0.2, -0.15) is 0 Å². The van der Waals surface area contributed by atoms with Crippen LogP contribution in [0.5, 0.6) is 0 Å². The van der Waals surface area contributed by atoms with Crippen molar-refractivity contribution in [2.24, 2.45) is 5.92 Å². The van der Waals surface area contributed by atoms with Crippen molar-refractivity contribution < 1.29 is 14.4 Å². The summed E-state index contributed by atoms with van der Waals surface area (Å²) in [6.07, 6.45) is 0. The third kappa shape index (κ3) is 4.54. The van der Waals surface area contributed by atoms with Crippen LogP contribution in [-0.2, 0) is 14.4 Å². The van der Waals surface area contributed by atoms with E-state index in [2.05, 4.69) is 10.6 Å². The molecule has 2 aromatic rings. The number of nitrogens with one attached hydrogen (secondary N) is 2. The average molecular weight is 426 g/mol. The van der Waals surface area contributed by atoms with Crippen molar-refractivity contribution in [1.82, 2.24) is 4.90 Å². The third-order valence-corrected chi connectivity index (χ3v) is 4.89. The number of rotatable bonds is 6. The minimum atomic E-state index is -0.357. The lowest BCUT2D eigenvalue weighted by molar-refractivity contribution is -0.137. The first kappa shape index (κ1) is 21.6. The number of carbonyl (C=O) groups is 3. The van der Waals surface area contributed by atoms with E-state index in [0.717, 1.165) is 5.56 Å². The Bertz CT molecular complexity index is 1040. The van der Waals surface area contributed by atoms with E-state index in [1.165, 1.54) is 11.8 Å². The lowest BCUT2D eigenvalue weighted by atomic mass is 10.0. The Morgan fingerprint density at radius 3 is 2.30 bits per heavy atom. The molecule has 0 atom stereocenters. The Morgan fingerprint density at radius 1 is 1.07 bits per heavy atom. The van der Waals surface area contributed by atoms with Crippen LogP contribution in [0.1, 0.15) is 31.9 Å². The van der Waals surface area contributed by atoms with E-state index in [-0.39, 0.29) is 29.3 Å². The molecule has 0 aliphatic carbocycles. The van der Waals surface area contributed by atoms with E-state index in [1.54, 1.807) is 42.5 Å². The molecule has 1 heterocycles. The maximum atomic E-state index is 13.2. The van der Waals surface area contributed by atoms with E-state index >= 15 is 0 Å². The van der Waals surface area contributed by atoms with Crippen molar-refractivity contribution in [2.75, 3.05) is 17.2 Å². The Morgan fingerprint density at radius 2 is 1.73 bits per heavy atom. The minimum absolute atomic E-state index is 0.137. The van der Waals surface area contributed by atoms with Crippen molar-refractivity contribution in [2.45, 2.75) is 27.7 Å². The fraction of sp³-hybridized carbons (Fsp3) is 0.261. The Kier molecular flexibility index (Phi) is 6.27. The largest absolute Gasteiger partial charge is 0.350 e. The number of amides is 3. The van der Waals surface area contributed by atoms with Gasteiger partial charge in [0.15, 0.2) is 0 Å². The standard InChI is InChI=1S/C23H24ClN3O3/c1-13(2)12-27-22(29)20(16-5-8-18(9-6-16)25-15(4)28)21(23(27)30)26-19-10-7-17(24)11-14(19)3/h5-11,13,26H,12H2,1-4H3,(H,25,28). The second-order valence-corrected chi connectivity index (χ2v) is 8.14. The molecule has 7 heteroatoms. The van der Waals surface area contributed by atoms with Crippen molar-refractivity contribution in [3.8, 4) is 0 Å². The summed E-state index contributed by atoms with van der Waals surface area (Å²) in [6, 6.07) is 12.2. The number of carbonyl (C=O) groups excluding carboxylic acids is 3. The van der Waals surface area contributed by atoms with Gasteiger partial charge in [0.25, 0.3) is 11.8 Å². The summed E-state index contributed by atoms with van der Waals surface area (Å²) in [7, 11) is 0. The van der Waals surface area contributed by atoms with Crippen LogP contribution in [-0.4, -0.2) is 29.2 Å². The summed E-state index contributed by atoms with van der Waals surface area (Å²) in [5.41, 5.74) is 3.32. The van der Waals surface area contributed by atoms with Gasteiger partial charge in [-0.1, -0.05) is 37.6 Å². The van der Waals surface area contributed by atoms with E-state index in [0.29, 0.717) is 34.1 Å². The molecule has 0 spiro atoms. The second kappa shape index (κ2) is 8.71. The molecule has 2 aromatic carbocycles. The van der Waals surface area contributed by atoms with Crippen LogP contribution in [0, 0.1) is 12.8 Å². The highest BCUT2D eigenvalue weighted by Crippen LogP contribution is 2.32. The van der Waals surface area contributed by atoms with Gasteiger partial charge in [-0.05, 0) is 54.3 Å². The van der Waals surface area contributed by atoms with Crippen LogP contribution in [0.25, 0.3) is 5.57 Å². The maximum absolute atomic E-state index is 13.2. The van der Waals surface area contributed by atoms with E-state index in [1.807, 2.05) is 20.8 Å². The lowest BCUT2D eigenvalue weighted by Gasteiger charge is -2.17. The molecule has 0 aromatic heterocycles. The van der Waals surface area contributed by atoms with Gasteiger partial charge in [0, 0.05) is 29.9 Å². The fourth-order valence-corrected chi connectivity index (χ4v) is 3.54. The normalized spacial score (nSPS) is 14.0. The molecule has 0 saturated heterocycles. The molecule has 0 fully saturated rings. The molecule has 0 bridgehead atoms. The van der Waals surface area contributed by atoms with Crippen LogP contribution in [0.2, 0.25) is 5.02 Å². The molecule has 0 unspecified atom stereocenters. The van der Waals surface area contributed by atoms with Crippen molar-refractivity contribution in [3.63, 3.8) is 0 Å². The fourth-order valence-electron chi connectivity index (χ4n) is 3.32. The van der Waals surface area contributed by atoms with Crippen molar-refractivity contribution >= 4 is 46.3 Å². The molecule has 0 saturated carbocycles. The quantitative estimate of drug-likeness (QED) is 0.670.